The largest absolute Gasteiger partial charge is 0.497 e. The normalized spacial score (nSPS) is 10.8. The predicted octanol–water partition coefficient (Wildman–Crippen LogP) is 5.96. The van der Waals surface area contributed by atoms with Crippen LogP contribution in [0.5, 0.6) is 11.5 Å². The number of aromatic amines is 1. The van der Waals surface area contributed by atoms with Gasteiger partial charge in [-0.1, -0.05) is 30.3 Å². The van der Waals surface area contributed by atoms with E-state index in [9.17, 15) is 0 Å². The first-order valence-electron chi connectivity index (χ1n) is 10.3. The Bertz CT molecular complexity index is 1330. The van der Waals surface area contributed by atoms with Crippen LogP contribution in [0.4, 0.5) is 11.5 Å². The third-order valence-corrected chi connectivity index (χ3v) is 5.11. The van der Waals surface area contributed by atoms with Crippen molar-refractivity contribution in [2.75, 3.05) is 12.4 Å². The van der Waals surface area contributed by atoms with Crippen molar-refractivity contribution in [3.05, 3.63) is 96.8 Å². The minimum atomic E-state index is 0.536. The van der Waals surface area contributed by atoms with Crippen molar-refractivity contribution >= 4 is 22.4 Å². The molecule has 6 nitrogen and oxygen atoms in total. The highest BCUT2D eigenvalue weighted by atomic mass is 16.5. The van der Waals surface area contributed by atoms with Gasteiger partial charge in [-0.05, 0) is 54.1 Å². The molecule has 0 atom stereocenters. The highest BCUT2D eigenvalue weighted by molar-refractivity contribution is 5.86. The molecular weight excluding hydrogens is 400 g/mol. The van der Waals surface area contributed by atoms with Crippen LogP contribution < -0.4 is 14.8 Å². The molecular formula is C26H22N4O2. The zero-order chi connectivity index (χ0) is 21.8. The Hall–Kier alpha value is -4.32. The maximum Gasteiger partial charge on any atom is 0.149 e. The van der Waals surface area contributed by atoms with E-state index in [0.29, 0.717) is 12.4 Å². The summed E-state index contributed by atoms with van der Waals surface area (Å²) in [6, 6.07) is 25.9. The Balaban J connectivity index is 1.34. The molecule has 6 heteroatoms. The minimum Gasteiger partial charge on any atom is -0.497 e. The molecule has 158 valence electrons. The second kappa shape index (κ2) is 8.81. The number of nitrogens with zero attached hydrogens (tertiary/aromatic N) is 2. The van der Waals surface area contributed by atoms with Crippen molar-refractivity contribution in [3.63, 3.8) is 0 Å². The molecule has 0 saturated heterocycles. The van der Waals surface area contributed by atoms with Crippen LogP contribution in [-0.2, 0) is 6.61 Å². The van der Waals surface area contributed by atoms with Crippen LogP contribution in [0.25, 0.3) is 22.3 Å². The van der Waals surface area contributed by atoms with Crippen LogP contribution in [0, 0.1) is 0 Å². The molecule has 0 aliphatic carbocycles. The first kappa shape index (κ1) is 19.6. The number of ether oxygens (including phenoxy) is 2. The van der Waals surface area contributed by atoms with Gasteiger partial charge in [-0.3, -0.25) is 4.98 Å². The lowest BCUT2D eigenvalue weighted by molar-refractivity contribution is 0.306. The van der Waals surface area contributed by atoms with E-state index in [4.69, 9.17) is 14.5 Å². The number of anilines is 2. The molecule has 32 heavy (non-hydrogen) atoms. The maximum atomic E-state index is 5.96. The predicted molar refractivity (Wildman–Crippen MR) is 126 cm³/mol. The molecule has 0 bridgehead atoms. The van der Waals surface area contributed by atoms with Crippen molar-refractivity contribution in [1.29, 1.82) is 0 Å². The summed E-state index contributed by atoms with van der Waals surface area (Å²) < 4.78 is 11.2. The number of rotatable bonds is 7. The number of hydrogen-bond acceptors (Lipinski definition) is 5. The van der Waals surface area contributed by atoms with E-state index in [1.165, 1.54) is 0 Å². The lowest BCUT2D eigenvalue weighted by Gasteiger charge is -2.07. The Morgan fingerprint density at radius 3 is 2.50 bits per heavy atom. The Kier molecular flexibility index (Phi) is 5.41. The summed E-state index contributed by atoms with van der Waals surface area (Å²) in [5.41, 5.74) is 4.72. The number of nitrogens with one attached hydrogen (secondary N) is 2. The average Bonchev–Trinajstić information content (AvgIpc) is 3.28. The van der Waals surface area contributed by atoms with Crippen LogP contribution in [0.3, 0.4) is 0 Å². The fraction of sp³-hybridized carbons (Fsp3) is 0.0769. The minimum absolute atomic E-state index is 0.536. The topological polar surface area (TPSA) is 72.1 Å². The molecule has 2 N–H and O–H groups in total. The van der Waals surface area contributed by atoms with Gasteiger partial charge in [0.15, 0.2) is 0 Å². The van der Waals surface area contributed by atoms with Gasteiger partial charge in [-0.2, -0.15) is 0 Å². The van der Waals surface area contributed by atoms with Gasteiger partial charge >= 0.3 is 0 Å². The van der Waals surface area contributed by atoms with Gasteiger partial charge in [0.05, 0.1) is 25.2 Å². The van der Waals surface area contributed by atoms with Crippen LogP contribution in [0.2, 0.25) is 0 Å². The summed E-state index contributed by atoms with van der Waals surface area (Å²) >= 11 is 0. The van der Waals surface area contributed by atoms with Crippen LogP contribution in [0.1, 0.15) is 5.56 Å². The summed E-state index contributed by atoms with van der Waals surface area (Å²) in [6.07, 6.45) is 3.45. The number of hydrogen-bond donors (Lipinski definition) is 2. The van der Waals surface area contributed by atoms with Gasteiger partial charge in [0.1, 0.15) is 29.6 Å². The Labute approximate surface area is 185 Å². The molecule has 2 heterocycles. The van der Waals surface area contributed by atoms with Gasteiger partial charge < -0.3 is 19.8 Å². The second-order valence-electron chi connectivity index (χ2n) is 7.35. The number of aromatic nitrogens is 3. The molecule has 0 aliphatic heterocycles. The van der Waals surface area contributed by atoms with E-state index in [1.807, 2.05) is 60.7 Å². The first-order chi connectivity index (χ1) is 15.8. The van der Waals surface area contributed by atoms with E-state index >= 15 is 0 Å². The second-order valence-corrected chi connectivity index (χ2v) is 7.35. The lowest BCUT2D eigenvalue weighted by Crippen LogP contribution is -1.96. The molecule has 3 aromatic carbocycles. The molecule has 5 aromatic rings. The number of benzene rings is 3. The van der Waals surface area contributed by atoms with Crippen molar-refractivity contribution in [3.8, 4) is 22.9 Å². The quantitative estimate of drug-likeness (QED) is 0.339. The summed E-state index contributed by atoms with van der Waals surface area (Å²) in [4.78, 5) is 12.5. The van der Waals surface area contributed by atoms with Crippen LogP contribution >= 0.6 is 0 Å². The summed E-state index contributed by atoms with van der Waals surface area (Å²) in [7, 11) is 1.65. The molecule has 0 aliphatic rings. The van der Waals surface area contributed by atoms with Crippen molar-refractivity contribution < 1.29 is 9.47 Å². The lowest BCUT2D eigenvalue weighted by atomic mass is 10.2. The van der Waals surface area contributed by atoms with Gasteiger partial charge in [0.25, 0.3) is 0 Å². The summed E-state index contributed by atoms with van der Waals surface area (Å²) in [5, 5.41) is 4.33. The average molecular weight is 422 g/mol. The maximum absolute atomic E-state index is 5.96. The zero-order valence-electron chi connectivity index (χ0n) is 17.6. The fourth-order valence-corrected chi connectivity index (χ4v) is 3.46. The van der Waals surface area contributed by atoms with Gasteiger partial charge in [-0.15, -0.1) is 0 Å². The number of methoxy groups -OCH3 is 1. The van der Waals surface area contributed by atoms with Crippen LogP contribution in [0.15, 0.2) is 91.3 Å². The Morgan fingerprint density at radius 1 is 0.875 bits per heavy atom. The molecule has 0 spiro atoms. The molecule has 0 unspecified atom stereocenters. The van der Waals surface area contributed by atoms with Crippen molar-refractivity contribution in [1.82, 2.24) is 15.0 Å². The zero-order valence-corrected chi connectivity index (χ0v) is 17.6. The molecule has 2 aromatic heterocycles. The fourth-order valence-electron chi connectivity index (χ4n) is 3.46. The van der Waals surface area contributed by atoms with E-state index < -0.39 is 0 Å². The Morgan fingerprint density at radius 2 is 1.69 bits per heavy atom. The monoisotopic (exact) mass is 422 g/mol. The third-order valence-electron chi connectivity index (χ3n) is 5.11. The van der Waals surface area contributed by atoms with E-state index in [2.05, 4.69) is 33.5 Å². The summed E-state index contributed by atoms with van der Waals surface area (Å²) in [5.74, 6) is 2.30. The van der Waals surface area contributed by atoms with Crippen molar-refractivity contribution in [2.24, 2.45) is 0 Å². The number of fused-ring (bicyclic) bond motifs is 1. The van der Waals surface area contributed by atoms with E-state index in [-0.39, 0.29) is 0 Å². The van der Waals surface area contributed by atoms with Gasteiger partial charge in [0.2, 0.25) is 0 Å². The van der Waals surface area contributed by atoms with Crippen LogP contribution in [-0.4, -0.2) is 22.1 Å². The number of H-pyrrole nitrogens is 1. The van der Waals surface area contributed by atoms with Crippen molar-refractivity contribution in [2.45, 2.75) is 6.61 Å². The molecule has 0 amide bonds. The van der Waals surface area contributed by atoms with E-state index in [0.717, 1.165) is 45.0 Å². The van der Waals surface area contributed by atoms with Gasteiger partial charge in [0, 0.05) is 16.6 Å². The smallest absolute Gasteiger partial charge is 0.149 e. The SMILES string of the molecule is COc1ccc(Nc2cncc(-c3cc4cc(OCc5ccccc5)ccc4[nH]3)n2)cc1. The van der Waals surface area contributed by atoms with Gasteiger partial charge in [-0.25, -0.2) is 4.98 Å². The molecule has 5 rings (SSSR count). The molecule has 0 fully saturated rings. The summed E-state index contributed by atoms with van der Waals surface area (Å²) in [6.45, 7) is 0.536. The molecule has 0 radical (unpaired) electrons. The van der Waals surface area contributed by atoms with E-state index in [1.54, 1.807) is 19.5 Å². The highest BCUT2D eigenvalue weighted by Crippen LogP contribution is 2.27. The molecule has 0 saturated carbocycles. The first-order valence-corrected chi connectivity index (χ1v) is 10.3. The highest BCUT2D eigenvalue weighted by Gasteiger charge is 2.08. The standard InChI is InChI=1S/C26H22N4O2/c1-31-21-9-7-20(8-10-21)28-26-16-27-15-25(30-26)24-14-19-13-22(11-12-23(19)29-24)32-17-18-5-3-2-4-6-18/h2-16,29H,17H2,1H3,(H,28,30). The third kappa shape index (κ3) is 4.39.